The minimum absolute atomic E-state index is 0.409. The second-order valence-electron chi connectivity index (χ2n) is 6.66. The van der Waals surface area contributed by atoms with Crippen LogP contribution < -0.4 is 0 Å². The van der Waals surface area contributed by atoms with Gasteiger partial charge in [0.05, 0.1) is 0 Å². The molecule has 2 heteroatoms. The summed E-state index contributed by atoms with van der Waals surface area (Å²) < 4.78 is 28.8. The largest absolute Gasteiger partial charge is 0.239 e. The fourth-order valence-electron chi connectivity index (χ4n) is 3.76. The van der Waals surface area contributed by atoms with Crippen LogP contribution in [-0.2, 0) is 5.67 Å². The zero-order valence-electron chi connectivity index (χ0n) is 13.1. The highest BCUT2D eigenvalue weighted by molar-refractivity contribution is 5.37. The van der Waals surface area contributed by atoms with Crippen molar-refractivity contribution < 1.29 is 8.78 Å². The normalized spacial score (nSPS) is 34.8. The average Bonchev–Trinajstić information content (AvgIpc) is 2.58. The lowest BCUT2D eigenvalue weighted by molar-refractivity contribution is 0.124. The maximum Gasteiger partial charge on any atom is 0.189 e. The van der Waals surface area contributed by atoms with E-state index in [2.05, 4.69) is 6.92 Å². The van der Waals surface area contributed by atoms with E-state index < -0.39 is 11.8 Å². The SMILES string of the molecule is CCC1CCC(c2ccc(C3(F)C=CC=CC3F)cc2)CC1. The van der Waals surface area contributed by atoms with E-state index in [1.165, 1.54) is 49.8 Å². The lowest BCUT2D eigenvalue weighted by Gasteiger charge is -2.29. The molecule has 2 unspecified atom stereocenters. The molecule has 0 aliphatic heterocycles. The van der Waals surface area contributed by atoms with Gasteiger partial charge in [-0.15, -0.1) is 0 Å². The van der Waals surface area contributed by atoms with Crippen LogP contribution >= 0.6 is 0 Å². The Morgan fingerprint density at radius 2 is 1.73 bits per heavy atom. The fourth-order valence-corrected chi connectivity index (χ4v) is 3.76. The molecule has 1 saturated carbocycles. The van der Waals surface area contributed by atoms with Crippen LogP contribution in [-0.4, -0.2) is 6.17 Å². The number of allylic oxidation sites excluding steroid dienone is 4. The molecule has 2 aliphatic carbocycles. The van der Waals surface area contributed by atoms with Crippen molar-refractivity contribution in [2.45, 2.75) is 56.8 Å². The molecule has 0 nitrogen and oxygen atoms in total. The zero-order chi connectivity index (χ0) is 15.6. The summed E-state index contributed by atoms with van der Waals surface area (Å²) in [6.45, 7) is 2.26. The Labute approximate surface area is 131 Å². The van der Waals surface area contributed by atoms with Gasteiger partial charge in [-0.05, 0) is 60.8 Å². The molecule has 2 atom stereocenters. The van der Waals surface area contributed by atoms with Crippen molar-refractivity contribution in [3.8, 4) is 0 Å². The van der Waals surface area contributed by atoms with Gasteiger partial charge in [-0.25, -0.2) is 8.78 Å². The van der Waals surface area contributed by atoms with Crippen LogP contribution in [0.5, 0.6) is 0 Å². The number of benzene rings is 1. The highest BCUT2D eigenvalue weighted by Crippen LogP contribution is 2.40. The van der Waals surface area contributed by atoms with Crippen LogP contribution in [0.25, 0.3) is 0 Å². The van der Waals surface area contributed by atoms with Crippen molar-refractivity contribution in [1.82, 2.24) is 0 Å². The first-order chi connectivity index (χ1) is 10.6. The van der Waals surface area contributed by atoms with Crippen molar-refractivity contribution in [2.24, 2.45) is 5.92 Å². The van der Waals surface area contributed by atoms with Gasteiger partial charge in [0.15, 0.2) is 11.8 Å². The lowest BCUT2D eigenvalue weighted by Crippen LogP contribution is -2.30. The molecule has 1 aromatic rings. The third-order valence-electron chi connectivity index (χ3n) is 5.38. The number of halogens is 2. The van der Waals surface area contributed by atoms with Crippen LogP contribution in [0.1, 0.15) is 56.1 Å². The highest BCUT2D eigenvalue weighted by Gasteiger charge is 2.38. The molecule has 118 valence electrons. The summed E-state index contributed by atoms with van der Waals surface area (Å²) in [6.07, 6.45) is 10.4. The molecule has 0 heterocycles. The Kier molecular flexibility index (Phi) is 4.46. The minimum atomic E-state index is -2.02. The van der Waals surface area contributed by atoms with Gasteiger partial charge in [0.1, 0.15) is 0 Å². The molecular weight excluding hydrogens is 278 g/mol. The van der Waals surface area contributed by atoms with Crippen LogP contribution in [0.3, 0.4) is 0 Å². The predicted molar refractivity (Wildman–Crippen MR) is 87.4 cm³/mol. The zero-order valence-corrected chi connectivity index (χ0v) is 13.1. The van der Waals surface area contributed by atoms with Crippen LogP contribution in [0.15, 0.2) is 48.6 Å². The smallest absolute Gasteiger partial charge is 0.189 e. The van der Waals surface area contributed by atoms with E-state index in [0.717, 1.165) is 5.92 Å². The van der Waals surface area contributed by atoms with Crippen molar-refractivity contribution in [2.75, 3.05) is 0 Å². The van der Waals surface area contributed by atoms with Gasteiger partial charge in [0, 0.05) is 0 Å². The molecule has 22 heavy (non-hydrogen) atoms. The molecule has 0 saturated heterocycles. The van der Waals surface area contributed by atoms with E-state index in [1.807, 2.05) is 12.1 Å². The van der Waals surface area contributed by atoms with Gasteiger partial charge < -0.3 is 0 Å². The molecule has 1 aromatic carbocycles. The average molecular weight is 302 g/mol. The summed E-state index contributed by atoms with van der Waals surface area (Å²) in [6, 6.07) is 7.51. The van der Waals surface area contributed by atoms with Crippen molar-refractivity contribution in [1.29, 1.82) is 0 Å². The van der Waals surface area contributed by atoms with Gasteiger partial charge in [-0.2, -0.15) is 0 Å². The topological polar surface area (TPSA) is 0 Å². The Hall–Kier alpha value is -1.44. The fraction of sp³-hybridized carbons (Fsp3) is 0.500. The molecule has 1 fully saturated rings. The number of hydrogen-bond acceptors (Lipinski definition) is 0. The van der Waals surface area contributed by atoms with Gasteiger partial charge >= 0.3 is 0 Å². The van der Waals surface area contributed by atoms with E-state index in [9.17, 15) is 8.78 Å². The monoisotopic (exact) mass is 302 g/mol. The third-order valence-corrected chi connectivity index (χ3v) is 5.38. The summed E-state index contributed by atoms with van der Waals surface area (Å²) in [5.41, 5.74) is -0.341. The Bertz CT molecular complexity index is 550. The first-order valence-electron chi connectivity index (χ1n) is 8.43. The summed E-state index contributed by atoms with van der Waals surface area (Å²) in [7, 11) is 0. The lowest BCUT2D eigenvalue weighted by atomic mass is 9.77. The van der Waals surface area contributed by atoms with Crippen molar-refractivity contribution >= 4 is 0 Å². The second kappa shape index (κ2) is 6.36. The first-order valence-corrected chi connectivity index (χ1v) is 8.43. The van der Waals surface area contributed by atoms with E-state index in [4.69, 9.17) is 0 Å². The maximum absolute atomic E-state index is 14.9. The van der Waals surface area contributed by atoms with Crippen molar-refractivity contribution in [3.05, 3.63) is 59.7 Å². The van der Waals surface area contributed by atoms with E-state index in [0.29, 0.717) is 11.5 Å². The van der Waals surface area contributed by atoms with Gasteiger partial charge in [-0.3, -0.25) is 0 Å². The Morgan fingerprint density at radius 3 is 2.32 bits per heavy atom. The number of alkyl halides is 2. The van der Waals surface area contributed by atoms with Gasteiger partial charge in [-0.1, -0.05) is 49.8 Å². The summed E-state index contributed by atoms with van der Waals surface area (Å²) >= 11 is 0. The maximum atomic E-state index is 14.9. The Morgan fingerprint density at radius 1 is 1.05 bits per heavy atom. The number of hydrogen-bond donors (Lipinski definition) is 0. The van der Waals surface area contributed by atoms with E-state index in [1.54, 1.807) is 24.3 Å². The molecule has 0 bridgehead atoms. The summed E-state index contributed by atoms with van der Waals surface area (Å²) in [4.78, 5) is 0. The minimum Gasteiger partial charge on any atom is -0.239 e. The molecule has 0 aromatic heterocycles. The van der Waals surface area contributed by atoms with Crippen LogP contribution in [0.4, 0.5) is 8.78 Å². The molecule has 0 amide bonds. The third kappa shape index (κ3) is 2.88. The highest BCUT2D eigenvalue weighted by atomic mass is 19.2. The van der Waals surface area contributed by atoms with Crippen LogP contribution in [0, 0.1) is 5.92 Å². The van der Waals surface area contributed by atoms with Gasteiger partial charge in [0.25, 0.3) is 0 Å². The molecule has 0 radical (unpaired) electrons. The summed E-state index contributed by atoms with van der Waals surface area (Å²) in [5.74, 6) is 1.45. The van der Waals surface area contributed by atoms with Gasteiger partial charge in [0.2, 0.25) is 0 Å². The van der Waals surface area contributed by atoms with Crippen LogP contribution in [0.2, 0.25) is 0 Å². The molecule has 0 spiro atoms. The molecule has 2 aliphatic rings. The predicted octanol–water partition coefficient (Wildman–Crippen LogP) is 6.00. The van der Waals surface area contributed by atoms with E-state index in [-0.39, 0.29) is 0 Å². The quantitative estimate of drug-likeness (QED) is 0.642. The van der Waals surface area contributed by atoms with E-state index >= 15 is 0 Å². The number of rotatable bonds is 3. The van der Waals surface area contributed by atoms with Crippen molar-refractivity contribution in [3.63, 3.8) is 0 Å². The standard InChI is InChI=1S/C20H24F2/c1-2-15-6-8-16(9-7-15)17-10-12-18(13-11-17)20(22)14-4-3-5-19(20)21/h3-5,10-16,19H,2,6-9H2,1H3. The first kappa shape index (κ1) is 15.5. The summed E-state index contributed by atoms with van der Waals surface area (Å²) in [5, 5.41) is 0. The molecular formula is C20H24F2. The Balaban J connectivity index is 1.73. The molecule has 3 rings (SSSR count). The second-order valence-corrected chi connectivity index (χ2v) is 6.66. The molecule has 0 N–H and O–H groups in total.